The maximum Gasteiger partial charge on any atom is 0.138 e. The molecular formula is C11H11NO2. The summed E-state index contributed by atoms with van der Waals surface area (Å²) in [6.07, 6.45) is 2.05. The molecule has 1 N–H and O–H groups in total. The fourth-order valence-electron chi connectivity index (χ4n) is 2.21. The highest BCUT2D eigenvalue weighted by molar-refractivity contribution is 6.08. The van der Waals surface area contributed by atoms with Gasteiger partial charge < -0.3 is 9.84 Å². The van der Waals surface area contributed by atoms with E-state index in [9.17, 15) is 5.11 Å². The van der Waals surface area contributed by atoms with E-state index in [1.54, 1.807) is 6.07 Å². The largest absolute Gasteiger partial charge is 0.507 e. The van der Waals surface area contributed by atoms with Crippen molar-refractivity contribution >= 4 is 5.71 Å². The molecular weight excluding hydrogens is 178 g/mol. The number of rotatable bonds is 0. The number of aromatic hydroxyl groups is 1. The quantitative estimate of drug-likeness (QED) is 0.671. The Balaban J connectivity index is 2.21. The molecule has 1 heterocycles. The molecule has 0 radical (unpaired) electrons. The summed E-state index contributed by atoms with van der Waals surface area (Å²) in [7, 11) is 0. The monoisotopic (exact) mass is 189 g/mol. The van der Waals surface area contributed by atoms with Gasteiger partial charge in [-0.25, -0.2) is 0 Å². The minimum absolute atomic E-state index is 0.107. The Bertz CT molecular complexity index is 412. The van der Waals surface area contributed by atoms with Crippen molar-refractivity contribution in [3.8, 4) is 5.75 Å². The Morgan fingerprint density at radius 1 is 1.43 bits per heavy atom. The lowest BCUT2D eigenvalue weighted by Crippen LogP contribution is -2.26. The average Bonchev–Trinajstić information content (AvgIpc) is 2.65. The van der Waals surface area contributed by atoms with Crippen LogP contribution in [0, 0.1) is 0 Å². The Hall–Kier alpha value is -1.35. The van der Waals surface area contributed by atoms with Gasteiger partial charge in [0.15, 0.2) is 0 Å². The first-order chi connectivity index (χ1) is 6.86. The summed E-state index contributed by atoms with van der Waals surface area (Å²) in [4.78, 5) is 4.29. The zero-order valence-corrected chi connectivity index (χ0v) is 7.73. The minimum atomic E-state index is 0.107. The number of fused-ring (bicyclic) bond motifs is 3. The van der Waals surface area contributed by atoms with E-state index < -0.39 is 0 Å². The Morgan fingerprint density at radius 2 is 2.36 bits per heavy atom. The average molecular weight is 189 g/mol. The van der Waals surface area contributed by atoms with E-state index in [4.69, 9.17) is 4.74 Å². The van der Waals surface area contributed by atoms with Crippen molar-refractivity contribution in [2.45, 2.75) is 18.9 Å². The molecule has 14 heavy (non-hydrogen) atoms. The highest BCUT2D eigenvalue weighted by Gasteiger charge is 2.31. The third-order valence-corrected chi connectivity index (χ3v) is 2.88. The number of aryl methyl sites for hydroxylation is 1. The van der Waals surface area contributed by atoms with Gasteiger partial charge in [-0.1, -0.05) is 12.1 Å². The summed E-state index contributed by atoms with van der Waals surface area (Å²) in [5, 5.41) is 9.77. The topological polar surface area (TPSA) is 41.8 Å². The summed E-state index contributed by atoms with van der Waals surface area (Å²) in [6, 6.07) is 5.64. The predicted octanol–water partition coefficient (Wildman–Crippen LogP) is 1.48. The zero-order valence-electron chi connectivity index (χ0n) is 7.73. The number of hydrogen-bond acceptors (Lipinski definition) is 3. The first kappa shape index (κ1) is 8.00. The lowest BCUT2D eigenvalue weighted by Gasteiger charge is -2.22. The maximum absolute atomic E-state index is 9.77. The van der Waals surface area contributed by atoms with Gasteiger partial charge in [0.1, 0.15) is 18.6 Å². The van der Waals surface area contributed by atoms with Crippen LogP contribution < -0.4 is 0 Å². The number of phenols is 1. The van der Waals surface area contributed by atoms with Crippen LogP contribution in [0.1, 0.15) is 17.5 Å². The van der Waals surface area contributed by atoms with E-state index in [0.717, 1.165) is 24.1 Å². The third kappa shape index (κ3) is 0.990. The molecule has 1 atom stereocenters. The lowest BCUT2D eigenvalue weighted by atomic mass is 9.87. The van der Waals surface area contributed by atoms with Crippen LogP contribution in [0.25, 0.3) is 0 Å². The van der Waals surface area contributed by atoms with E-state index in [0.29, 0.717) is 12.5 Å². The van der Waals surface area contributed by atoms with Gasteiger partial charge in [0.05, 0.1) is 5.71 Å². The highest BCUT2D eigenvalue weighted by Crippen LogP contribution is 2.32. The lowest BCUT2D eigenvalue weighted by molar-refractivity contribution is 0.119. The molecule has 0 spiro atoms. The molecule has 0 saturated carbocycles. The van der Waals surface area contributed by atoms with Crippen LogP contribution in [0.3, 0.4) is 0 Å². The molecule has 1 aromatic rings. The normalized spacial score (nSPS) is 24.0. The van der Waals surface area contributed by atoms with Gasteiger partial charge in [-0.2, -0.15) is 0 Å². The maximum atomic E-state index is 9.77. The fourth-order valence-corrected chi connectivity index (χ4v) is 2.21. The molecule has 0 fully saturated rings. The van der Waals surface area contributed by atoms with Gasteiger partial charge in [0, 0.05) is 5.56 Å². The molecule has 3 rings (SSSR count). The minimum Gasteiger partial charge on any atom is -0.507 e. The Kier molecular flexibility index (Phi) is 1.61. The summed E-state index contributed by atoms with van der Waals surface area (Å²) in [5.41, 5.74) is 3.02. The van der Waals surface area contributed by atoms with Gasteiger partial charge in [-0.3, -0.25) is 4.99 Å². The van der Waals surface area contributed by atoms with Gasteiger partial charge in [0.25, 0.3) is 0 Å². The first-order valence-electron chi connectivity index (χ1n) is 4.83. The molecule has 1 aliphatic carbocycles. The van der Waals surface area contributed by atoms with Crippen molar-refractivity contribution in [3.63, 3.8) is 0 Å². The van der Waals surface area contributed by atoms with Crippen LogP contribution in [0.5, 0.6) is 5.75 Å². The van der Waals surface area contributed by atoms with Gasteiger partial charge >= 0.3 is 0 Å². The molecule has 3 nitrogen and oxygen atoms in total. The number of ether oxygens (including phenoxy) is 1. The second kappa shape index (κ2) is 2.82. The molecule has 1 aromatic carbocycles. The summed E-state index contributed by atoms with van der Waals surface area (Å²) in [5.74, 6) is 0.330. The van der Waals surface area contributed by atoms with Crippen LogP contribution in [0.15, 0.2) is 23.2 Å². The van der Waals surface area contributed by atoms with Crippen LogP contribution in [-0.4, -0.2) is 23.7 Å². The Morgan fingerprint density at radius 3 is 3.29 bits per heavy atom. The molecule has 72 valence electrons. The zero-order chi connectivity index (χ0) is 9.54. The van der Waals surface area contributed by atoms with Gasteiger partial charge in [-0.05, 0) is 24.5 Å². The molecule has 2 aliphatic rings. The number of phenolic OH excluding ortho intramolecular Hbond substituents is 1. The van der Waals surface area contributed by atoms with E-state index in [2.05, 4.69) is 4.99 Å². The van der Waals surface area contributed by atoms with Crippen molar-refractivity contribution in [1.29, 1.82) is 0 Å². The summed E-state index contributed by atoms with van der Waals surface area (Å²) < 4.78 is 5.45. The van der Waals surface area contributed by atoms with Crippen LogP contribution in [-0.2, 0) is 11.2 Å². The second-order valence-electron chi connectivity index (χ2n) is 3.68. The summed E-state index contributed by atoms with van der Waals surface area (Å²) in [6.45, 7) is 0.438. The van der Waals surface area contributed by atoms with Crippen molar-refractivity contribution in [2.24, 2.45) is 4.99 Å². The SMILES string of the molecule is Oc1cccc2c1C1=NCOC1CC2. The second-order valence-corrected chi connectivity index (χ2v) is 3.68. The van der Waals surface area contributed by atoms with Gasteiger partial charge in [-0.15, -0.1) is 0 Å². The van der Waals surface area contributed by atoms with Crippen molar-refractivity contribution < 1.29 is 9.84 Å². The molecule has 0 saturated heterocycles. The van der Waals surface area contributed by atoms with Crippen LogP contribution in [0.4, 0.5) is 0 Å². The van der Waals surface area contributed by atoms with Crippen LogP contribution in [0.2, 0.25) is 0 Å². The van der Waals surface area contributed by atoms with Crippen LogP contribution >= 0.6 is 0 Å². The van der Waals surface area contributed by atoms with E-state index in [1.165, 1.54) is 5.56 Å². The highest BCUT2D eigenvalue weighted by atomic mass is 16.5. The molecule has 0 aromatic heterocycles. The van der Waals surface area contributed by atoms with Crippen molar-refractivity contribution in [3.05, 3.63) is 29.3 Å². The molecule has 0 amide bonds. The molecule has 1 aliphatic heterocycles. The Labute approximate surface area is 82.0 Å². The first-order valence-corrected chi connectivity index (χ1v) is 4.83. The predicted molar refractivity (Wildman–Crippen MR) is 52.7 cm³/mol. The third-order valence-electron chi connectivity index (χ3n) is 2.88. The number of aliphatic imine (C=N–C) groups is 1. The van der Waals surface area contributed by atoms with E-state index in [1.807, 2.05) is 12.1 Å². The molecule has 1 unspecified atom stereocenters. The summed E-state index contributed by atoms with van der Waals surface area (Å²) >= 11 is 0. The van der Waals surface area contributed by atoms with Crippen molar-refractivity contribution in [1.82, 2.24) is 0 Å². The van der Waals surface area contributed by atoms with Gasteiger partial charge in [0.2, 0.25) is 0 Å². The molecule has 3 heteroatoms. The number of hydrogen-bond donors (Lipinski definition) is 1. The standard InChI is InChI=1S/C11H11NO2/c13-8-3-1-2-7-4-5-9-11(10(7)8)12-6-14-9/h1-3,9,13H,4-6H2. The molecule has 0 bridgehead atoms. The van der Waals surface area contributed by atoms with E-state index >= 15 is 0 Å². The fraction of sp³-hybridized carbons (Fsp3) is 0.364. The smallest absolute Gasteiger partial charge is 0.138 e. The van der Waals surface area contributed by atoms with Crippen molar-refractivity contribution in [2.75, 3.05) is 6.73 Å². The number of benzene rings is 1. The van der Waals surface area contributed by atoms with E-state index in [-0.39, 0.29) is 6.10 Å². The number of nitrogens with zero attached hydrogens (tertiary/aromatic N) is 1.